The van der Waals surface area contributed by atoms with Crippen LogP contribution in [0.2, 0.25) is 0 Å². The highest BCUT2D eigenvalue weighted by molar-refractivity contribution is 5.71. The molecule has 0 bridgehead atoms. The van der Waals surface area contributed by atoms with Gasteiger partial charge in [0.25, 0.3) is 0 Å². The van der Waals surface area contributed by atoms with E-state index in [-0.39, 0.29) is 5.92 Å². The zero-order valence-corrected chi connectivity index (χ0v) is 10.5. The summed E-state index contributed by atoms with van der Waals surface area (Å²) >= 11 is 0. The zero-order valence-electron chi connectivity index (χ0n) is 10.5. The van der Waals surface area contributed by atoms with Gasteiger partial charge in [-0.1, -0.05) is 18.0 Å². The van der Waals surface area contributed by atoms with Crippen LogP contribution in [-0.2, 0) is 16.0 Å². The number of carboxylic acids is 1. The summed E-state index contributed by atoms with van der Waals surface area (Å²) in [5.41, 5.74) is 0. The first-order valence-corrected chi connectivity index (χ1v) is 6.26. The van der Waals surface area contributed by atoms with E-state index in [1.807, 2.05) is 0 Å². The molecular formula is C12H18N2O4. The van der Waals surface area contributed by atoms with Crippen molar-refractivity contribution in [3.63, 3.8) is 0 Å². The fraction of sp³-hybridized carbons (Fsp3) is 0.750. The minimum atomic E-state index is -0.767. The summed E-state index contributed by atoms with van der Waals surface area (Å²) in [4.78, 5) is 15.5. The number of methoxy groups -OCH3 is 1. The number of nitrogens with zero attached hydrogens (tertiary/aromatic N) is 2. The van der Waals surface area contributed by atoms with Gasteiger partial charge >= 0.3 is 5.97 Å². The summed E-state index contributed by atoms with van der Waals surface area (Å²) in [5.74, 6) is -0.249. The highest BCUT2D eigenvalue weighted by Crippen LogP contribution is 2.37. The molecule has 1 aliphatic carbocycles. The van der Waals surface area contributed by atoms with Crippen molar-refractivity contribution in [1.29, 1.82) is 0 Å². The first-order chi connectivity index (χ1) is 8.72. The van der Waals surface area contributed by atoms with Gasteiger partial charge in [0.2, 0.25) is 5.89 Å². The van der Waals surface area contributed by atoms with Gasteiger partial charge in [0.05, 0.1) is 18.4 Å². The van der Waals surface area contributed by atoms with Gasteiger partial charge in [0.15, 0.2) is 5.82 Å². The molecule has 6 nitrogen and oxygen atoms in total. The average Bonchev–Trinajstić information content (AvgIpc) is 2.85. The summed E-state index contributed by atoms with van der Waals surface area (Å²) in [7, 11) is 1.61. The molecule has 18 heavy (non-hydrogen) atoms. The molecule has 1 fully saturated rings. The maximum absolute atomic E-state index is 11.2. The second-order valence-electron chi connectivity index (χ2n) is 4.63. The Bertz CT molecular complexity index is 405. The standard InChI is InChI=1S/C12H18N2O4/c1-17-7-6-10-13-11(18-14-10)8-4-2-3-5-9(8)12(15)16/h8-9H,2-7H2,1H3,(H,15,16). The Morgan fingerprint density at radius 1 is 1.50 bits per heavy atom. The number of aliphatic carboxylic acids is 1. The van der Waals surface area contributed by atoms with Crippen molar-refractivity contribution in [3.05, 3.63) is 11.7 Å². The van der Waals surface area contributed by atoms with E-state index in [1.54, 1.807) is 7.11 Å². The number of ether oxygens (including phenoxy) is 1. The number of carbonyl (C=O) groups is 1. The van der Waals surface area contributed by atoms with Crippen LogP contribution in [0.1, 0.15) is 43.3 Å². The van der Waals surface area contributed by atoms with Crippen molar-refractivity contribution >= 4 is 5.97 Å². The molecule has 2 atom stereocenters. The number of hydrogen-bond donors (Lipinski definition) is 1. The number of aromatic nitrogens is 2. The highest BCUT2D eigenvalue weighted by atomic mass is 16.5. The van der Waals surface area contributed by atoms with Gasteiger partial charge in [-0.3, -0.25) is 4.79 Å². The SMILES string of the molecule is COCCc1noc(C2CCCCC2C(=O)O)n1. The Kier molecular flexibility index (Phi) is 4.30. The van der Waals surface area contributed by atoms with E-state index in [1.165, 1.54) is 0 Å². The molecule has 1 aromatic rings. The van der Waals surface area contributed by atoms with Crippen molar-refractivity contribution in [2.24, 2.45) is 5.92 Å². The Hall–Kier alpha value is -1.43. The molecule has 1 aliphatic rings. The van der Waals surface area contributed by atoms with Crippen LogP contribution in [-0.4, -0.2) is 34.9 Å². The van der Waals surface area contributed by atoms with E-state index in [4.69, 9.17) is 9.26 Å². The van der Waals surface area contributed by atoms with E-state index in [2.05, 4.69) is 10.1 Å². The van der Waals surface area contributed by atoms with Gasteiger partial charge < -0.3 is 14.4 Å². The van der Waals surface area contributed by atoms with Crippen LogP contribution < -0.4 is 0 Å². The van der Waals surface area contributed by atoms with Crippen LogP contribution in [0, 0.1) is 5.92 Å². The molecule has 2 rings (SSSR count). The predicted molar refractivity (Wildman–Crippen MR) is 62.2 cm³/mol. The molecule has 100 valence electrons. The van der Waals surface area contributed by atoms with Crippen LogP contribution in [0.25, 0.3) is 0 Å². The van der Waals surface area contributed by atoms with Crippen LogP contribution >= 0.6 is 0 Å². The maximum Gasteiger partial charge on any atom is 0.307 e. The Labute approximate surface area is 105 Å². The molecule has 1 saturated carbocycles. The van der Waals surface area contributed by atoms with Crippen molar-refractivity contribution in [1.82, 2.24) is 10.1 Å². The summed E-state index contributed by atoms with van der Waals surface area (Å²) in [6.07, 6.45) is 4.06. The molecule has 1 heterocycles. The molecule has 0 amide bonds. The second-order valence-corrected chi connectivity index (χ2v) is 4.63. The predicted octanol–water partition coefficient (Wildman–Crippen LogP) is 1.62. The lowest BCUT2D eigenvalue weighted by Crippen LogP contribution is -2.25. The van der Waals surface area contributed by atoms with Crippen LogP contribution in [0.5, 0.6) is 0 Å². The van der Waals surface area contributed by atoms with E-state index in [0.29, 0.717) is 31.2 Å². The third-order valence-electron chi connectivity index (χ3n) is 3.41. The molecule has 0 radical (unpaired) electrons. The number of rotatable bonds is 5. The van der Waals surface area contributed by atoms with Crippen LogP contribution in [0.15, 0.2) is 4.52 Å². The van der Waals surface area contributed by atoms with Crippen LogP contribution in [0.4, 0.5) is 0 Å². The van der Waals surface area contributed by atoms with Gasteiger partial charge in [0, 0.05) is 13.5 Å². The van der Waals surface area contributed by atoms with Crippen molar-refractivity contribution in [3.8, 4) is 0 Å². The molecule has 0 aliphatic heterocycles. The topological polar surface area (TPSA) is 85.5 Å². The van der Waals surface area contributed by atoms with Gasteiger partial charge in [-0.15, -0.1) is 0 Å². The van der Waals surface area contributed by atoms with Gasteiger partial charge in [0.1, 0.15) is 0 Å². The monoisotopic (exact) mass is 254 g/mol. The highest BCUT2D eigenvalue weighted by Gasteiger charge is 2.35. The van der Waals surface area contributed by atoms with Gasteiger partial charge in [-0.25, -0.2) is 0 Å². The third-order valence-corrected chi connectivity index (χ3v) is 3.41. The lowest BCUT2D eigenvalue weighted by atomic mass is 9.79. The minimum Gasteiger partial charge on any atom is -0.481 e. The quantitative estimate of drug-likeness (QED) is 0.859. The first-order valence-electron chi connectivity index (χ1n) is 6.26. The molecule has 0 saturated heterocycles. The average molecular weight is 254 g/mol. The minimum absolute atomic E-state index is 0.139. The van der Waals surface area contributed by atoms with E-state index in [9.17, 15) is 9.90 Å². The van der Waals surface area contributed by atoms with Crippen molar-refractivity contribution in [2.45, 2.75) is 38.0 Å². The molecule has 2 unspecified atom stereocenters. The summed E-state index contributed by atoms with van der Waals surface area (Å²) in [6.45, 7) is 0.534. The Morgan fingerprint density at radius 2 is 2.28 bits per heavy atom. The summed E-state index contributed by atoms with van der Waals surface area (Å²) < 4.78 is 10.1. The van der Waals surface area contributed by atoms with Crippen LogP contribution in [0.3, 0.4) is 0 Å². The largest absolute Gasteiger partial charge is 0.481 e. The zero-order chi connectivity index (χ0) is 13.0. The van der Waals surface area contributed by atoms with Crippen molar-refractivity contribution in [2.75, 3.05) is 13.7 Å². The maximum atomic E-state index is 11.2. The lowest BCUT2D eigenvalue weighted by molar-refractivity contribution is -0.143. The van der Waals surface area contributed by atoms with Gasteiger partial charge in [-0.2, -0.15) is 4.98 Å². The Balaban J connectivity index is 2.08. The van der Waals surface area contributed by atoms with E-state index >= 15 is 0 Å². The molecule has 0 spiro atoms. The van der Waals surface area contributed by atoms with Crippen molar-refractivity contribution < 1.29 is 19.2 Å². The molecule has 6 heteroatoms. The molecule has 1 N–H and O–H groups in total. The summed E-state index contributed by atoms with van der Waals surface area (Å²) in [6, 6.07) is 0. The molecule has 1 aromatic heterocycles. The van der Waals surface area contributed by atoms with E-state index in [0.717, 1.165) is 19.3 Å². The third kappa shape index (κ3) is 2.87. The number of carboxylic acid groups (broad SMARTS) is 1. The fourth-order valence-electron chi connectivity index (χ4n) is 2.44. The van der Waals surface area contributed by atoms with Gasteiger partial charge in [-0.05, 0) is 12.8 Å². The summed E-state index contributed by atoms with van der Waals surface area (Å²) in [5, 5.41) is 13.1. The molecular weight excluding hydrogens is 236 g/mol. The first kappa shape index (κ1) is 13.0. The van der Waals surface area contributed by atoms with E-state index < -0.39 is 11.9 Å². The number of hydrogen-bond acceptors (Lipinski definition) is 5. The fourth-order valence-corrected chi connectivity index (χ4v) is 2.44. The smallest absolute Gasteiger partial charge is 0.307 e. The molecule has 0 aromatic carbocycles. The Morgan fingerprint density at radius 3 is 3.00 bits per heavy atom. The normalized spacial score (nSPS) is 24.1. The second kappa shape index (κ2) is 5.95. The lowest BCUT2D eigenvalue weighted by Gasteiger charge is -2.25.